The van der Waals surface area contributed by atoms with E-state index in [2.05, 4.69) is 5.32 Å². The minimum atomic E-state index is -0.484. The molecule has 7 heteroatoms. The van der Waals surface area contributed by atoms with Gasteiger partial charge < -0.3 is 14.8 Å². The maximum absolute atomic E-state index is 11.4. The minimum absolute atomic E-state index is 0.0638. The zero-order chi connectivity index (χ0) is 13.8. The first-order valence-electron chi connectivity index (χ1n) is 5.94. The van der Waals surface area contributed by atoms with Gasteiger partial charge in [-0.05, 0) is 13.0 Å². The smallest absolute Gasteiger partial charge is 0.307 e. The van der Waals surface area contributed by atoms with E-state index in [0.717, 1.165) is 0 Å². The Kier molecular flexibility index (Phi) is 3.84. The van der Waals surface area contributed by atoms with E-state index in [-0.39, 0.29) is 30.7 Å². The van der Waals surface area contributed by atoms with Gasteiger partial charge in [-0.3, -0.25) is 14.9 Å². The number of nitro groups is 1. The fraction of sp³-hybridized carbons (Fsp3) is 0.417. The SMILES string of the molecule is CCOC(=O)CC1COc2cccc([N+](=O)[O-])c2N1. The number of fused-ring (bicyclic) bond motifs is 1. The second-order valence-electron chi connectivity index (χ2n) is 4.07. The Morgan fingerprint density at radius 1 is 1.63 bits per heavy atom. The van der Waals surface area contributed by atoms with Crippen molar-refractivity contribution >= 4 is 17.3 Å². The van der Waals surface area contributed by atoms with E-state index >= 15 is 0 Å². The van der Waals surface area contributed by atoms with Crippen LogP contribution >= 0.6 is 0 Å². The Morgan fingerprint density at radius 2 is 2.42 bits per heavy atom. The maximum Gasteiger partial charge on any atom is 0.307 e. The van der Waals surface area contributed by atoms with Gasteiger partial charge in [0.05, 0.1) is 24.0 Å². The van der Waals surface area contributed by atoms with Crippen LogP contribution in [0, 0.1) is 10.1 Å². The number of benzene rings is 1. The van der Waals surface area contributed by atoms with Crippen molar-refractivity contribution in [1.82, 2.24) is 0 Å². The van der Waals surface area contributed by atoms with Crippen LogP contribution in [0.5, 0.6) is 5.75 Å². The molecule has 0 amide bonds. The number of ether oxygens (including phenoxy) is 2. The number of carbonyl (C=O) groups excluding carboxylic acids is 1. The van der Waals surface area contributed by atoms with Crippen LogP contribution in [0.2, 0.25) is 0 Å². The highest BCUT2D eigenvalue weighted by Gasteiger charge is 2.27. The molecule has 1 aromatic carbocycles. The number of rotatable bonds is 4. The topological polar surface area (TPSA) is 90.7 Å². The summed E-state index contributed by atoms with van der Waals surface area (Å²) in [6.45, 7) is 2.30. The molecule has 0 saturated carbocycles. The molecule has 0 aliphatic carbocycles. The molecule has 1 aliphatic heterocycles. The lowest BCUT2D eigenvalue weighted by atomic mass is 10.1. The molecule has 0 aromatic heterocycles. The summed E-state index contributed by atoms with van der Waals surface area (Å²) < 4.78 is 10.3. The summed E-state index contributed by atoms with van der Waals surface area (Å²) in [6, 6.07) is 4.27. The molecule has 0 spiro atoms. The number of para-hydroxylation sites is 1. The van der Waals surface area contributed by atoms with E-state index in [1.807, 2.05) is 0 Å². The summed E-state index contributed by atoms with van der Waals surface area (Å²) in [5, 5.41) is 13.9. The van der Waals surface area contributed by atoms with Gasteiger partial charge in [0.1, 0.15) is 12.4 Å². The van der Waals surface area contributed by atoms with Crippen LogP contribution in [0.15, 0.2) is 18.2 Å². The van der Waals surface area contributed by atoms with Gasteiger partial charge in [-0.1, -0.05) is 6.07 Å². The van der Waals surface area contributed by atoms with E-state index in [1.54, 1.807) is 19.1 Å². The van der Waals surface area contributed by atoms with E-state index in [1.165, 1.54) is 6.07 Å². The zero-order valence-corrected chi connectivity index (χ0v) is 10.4. The van der Waals surface area contributed by atoms with Crippen molar-refractivity contribution in [2.75, 3.05) is 18.5 Å². The number of hydrogen-bond donors (Lipinski definition) is 1. The van der Waals surface area contributed by atoms with Crippen molar-refractivity contribution < 1.29 is 19.2 Å². The Labute approximate surface area is 109 Å². The highest BCUT2D eigenvalue weighted by Crippen LogP contribution is 2.37. The summed E-state index contributed by atoms with van der Waals surface area (Å²) in [4.78, 5) is 21.8. The monoisotopic (exact) mass is 266 g/mol. The average Bonchev–Trinajstić information content (AvgIpc) is 2.38. The van der Waals surface area contributed by atoms with Crippen LogP contribution in [-0.2, 0) is 9.53 Å². The first-order chi connectivity index (χ1) is 9.11. The Bertz CT molecular complexity index is 503. The molecule has 1 aliphatic rings. The third kappa shape index (κ3) is 2.93. The summed E-state index contributed by atoms with van der Waals surface area (Å²) in [5.41, 5.74) is 0.249. The lowest BCUT2D eigenvalue weighted by Crippen LogP contribution is -2.34. The van der Waals surface area contributed by atoms with Crippen LogP contribution < -0.4 is 10.1 Å². The summed E-state index contributed by atoms with van der Waals surface area (Å²) in [7, 11) is 0. The maximum atomic E-state index is 11.4. The van der Waals surface area contributed by atoms with Gasteiger partial charge in [-0.15, -0.1) is 0 Å². The summed E-state index contributed by atoms with van der Waals surface area (Å²) in [6.07, 6.45) is 0.110. The minimum Gasteiger partial charge on any atom is -0.489 e. The second-order valence-corrected chi connectivity index (χ2v) is 4.07. The molecular weight excluding hydrogens is 252 g/mol. The fourth-order valence-electron chi connectivity index (χ4n) is 1.90. The number of carbonyl (C=O) groups is 1. The lowest BCUT2D eigenvalue weighted by molar-refractivity contribution is -0.384. The third-order valence-electron chi connectivity index (χ3n) is 2.71. The number of esters is 1. The molecule has 0 bridgehead atoms. The highest BCUT2D eigenvalue weighted by atomic mass is 16.6. The number of nitro benzene ring substituents is 1. The van der Waals surface area contributed by atoms with Gasteiger partial charge in [-0.25, -0.2) is 0 Å². The van der Waals surface area contributed by atoms with Crippen molar-refractivity contribution in [2.24, 2.45) is 0 Å². The van der Waals surface area contributed by atoms with Gasteiger partial charge in [0, 0.05) is 6.07 Å². The Morgan fingerprint density at radius 3 is 3.11 bits per heavy atom. The molecule has 7 nitrogen and oxygen atoms in total. The van der Waals surface area contributed by atoms with Crippen molar-refractivity contribution in [3.05, 3.63) is 28.3 Å². The van der Waals surface area contributed by atoms with Crippen LogP contribution in [0.3, 0.4) is 0 Å². The lowest BCUT2D eigenvalue weighted by Gasteiger charge is -2.26. The molecule has 2 rings (SSSR count). The molecule has 102 valence electrons. The van der Waals surface area contributed by atoms with Crippen molar-refractivity contribution in [3.8, 4) is 5.75 Å². The van der Waals surface area contributed by atoms with E-state index in [9.17, 15) is 14.9 Å². The van der Waals surface area contributed by atoms with Gasteiger partial charge in [0.2, 0.25) is 0 Å². The highest BCUT2D eigenvalue weighted by molar-refractivity contribution is 5.74. The molecule has 19 heavy (non-hydrogen) atoms. The Balaban J connectivity index is 2.14. The summed E-state index contributed by atoms with van der Waals surface area (Å²) in [5.74, 6) is 0.0694. The molecule has 1 aromatic rings. The van der Waals surface area contributed by atoms with Crippen LogP contribution in [0.4, 0.5) is 11.4 Å². The summed E-state index contributed by atoms with van der Waals surface area (Å²) >= 11 is 0. The van der Waals surface area contributed by atoms with Gasteiger partial charge >= 0.3 is 5.97 Å². The molecule has 1 N–H and O–H groups in total. The van der Waals surface area contributed by atoms with E-state index in [4.69, 9.17) is 9.47 Å². The zero-order valence-electron chi connectivity index (χ0n) is 10.4. The molecule has 1 atom stereocenters. The molecular formula is C12H14N2O5. The van der Waals surface area contributed by atoms with Crippen molar-refractivity contribution in [3.63, 3.8) is 0 Å². The van der Waals surface area contributed by atoms with Gasteiger partial charge in [0.25, 0.3) is 5.69 Å². The molecule has 1 heterocycles. The third-order valence-corrected chi connectivity index (χ3v) is 2.71. The molecule has 0 radical (unpaired) electrons. The van der Waals surface area contributed by atoms with Crippen molar-refractivity contribution in [2.45, 2.75) is 19.4 Å². The molecule has 0 fully saturated rings. The fourth-order valence-corrected chi connectivity index (χ4v) is 1.90. The van der Waals surface area contributed by atoms with Gasteiger partial charge in [-0.2, -0.15) is 0 Å². The van der Waals surface area contributed by atoms with E-state index in [0.29, 0.717) is 18.0 Å². The number of nitrogens with one attached hydrogen (secondary N) is 1. The molecule has 1 unspecified atom stereocenters. The van der Waals surface area contributed by atoms with E-state index < -0.39 is 4.92 Å². The van der Waals surface area contributed by atoms with Crippen LogP contribution in [-0.4, -0.2) is 30.1 Å². The first-order valence-corrected chi connectivity index (χ1v) is 5.94. The predicted octanol–water partition coefficient (Wildman–Crippen LogP) is 1.72. The van der Waals surface area contributed by atoms with Crippen LogP contribution in [0.25, 0.3) is 0 Å². The molecule has 0 saturated heterocycles. The standard InChI is InChI=1S/C12H14N2O5/c1-2-18-11(15)6-8-7-19-10-5-3-4-9(14(16)17)12(10)13-8/h3-5,8,13H,2,6-7H2,1H3. The second kappa shape index (κ2) is 5.55. The largest absolute Gasteiger partial charge is 0.489 e. The number of hydrogen-bond acceptors (Lipinski definition) is 6. The Hall–Kier alpha value is -2.31. The normalized spacial score (nSPS) is 16.8. The number of nitrogens with zero attached hydrogens (tertiary/aromatic N) is 1. The predicted molar refractivity (Wildman–Crippen MR) is 67.3 cm³/mol. The van der Waals surface area contributed by atoms with Gasteiger partial charge in [0.15, 0.2) is 5.69 Å². The van der Waals surface area contributed by atoms with Crippen LogP contribution in [0.1, 0.15) is 13.3 Å². The number of anilines is 1. The quantitative estimate of drug-likeness (QED) is 0.507. The first kappa shape index (κ1) is 13.1. The van der Waals surface area contributed by atoms with Crippen molar-refractivity contribution in [1.29, 1.82) is 0 Å². The average molecular weight is 266 g/mol.